The number of carbonyl (C=O) groups is 2. The van der Waals surface area contributed by atoms with Gasteiger partial charge in [-0.2, -0.15) is 0 Å². The number of aryl methyl sites for hydroxylation is 1. The summed E-state index contributed by atoms with van der Waals surface area (Å²) < 4.78 is 27.3. The Kier molecular flexibility index (Phi) is 12.3. The molecule has 12 heteroatoms. The number of amides is 2. The number of hydrogen-bond acceptors (Lipinski definition) is 7. The van der Waals surface area contributed by atoms with Gasteiger partial charge in [0.05, 0.1) is 11.4 Å². The van der Waals surface area contributed by atoms with E-state index in [2.05, 4.69) is 10.0 Å². The van der Waals surface area contributed by atoms with Crippen LogP contribution in [0.5, 0.6) is 0 Å². The number of rotatable bonds is 10. The Bertz CT molecular complexity index is 1200. The lowest BCUT2D eigenvalue weighted by molar-refractivity contribution is -0.131. The van der Waals surface area contributed by atoms with Gasteiger partial charge < -0.3 is 27.4 Å². The number of nitrogens with one attached hydrogen (secondary N) is 3. The number of anilines is 1. The molecule has 1 heterocycles. The maximum atomic E-state index is 12.5. The number of nitrogen functional groups attached to an aromatic ring is 1. The first-order valence-corrected chi connectivity index (χ1v) is 14.0. The second-order valence-electron chi connectivity index (χ2n) is 9.12. The molecule has 1 aliphatic rings. The van der Waals surface area contributed by atoms with E-state index >= 15 is 0 Å². The Morgan fingerprint density at radius 2 is 1.74 bits per heavy atom. The Hall–Kier alpha value is -3.32. The molecule has 1 saturated heterocycles. The predicted octanol–water partition coefficient (Wildman–Crippen LogP) is 1.12. The van der Waals surface area contributed by atoms with Gasteiger partial charge in [0.15, 0.2) is 0 Å². The molecule has 9 N–H and O–H groups in total. The molecular formula is C26H39N7O4S. The third-order valence-electron chi connectivity index (χ3n) is 6.08. The van der Waals surface area contributed by atoms with Crippen molar-refractivity contribution in [3.8, 4) is 0 Å². The van der Waals surface area contributed by atoms with Gasteiger partial charge in [0, 0.05) is 37.3 Å². The monoisotopic (exact) mass is 545 g/mol. The highest BCUT2D eigenvalue weighted by molar-refractivity contribution is 7.89. The highest BCUT2D eigenvalue weighted by Gasteiger charge is 2.24. The maximum Gasteiger partial charge on any atom is 0.241 e. The largest absolute Gasteiger partial charge is 0.384 e. The number of benzene rings is 2. The molecule has 0 atom stereocenters. The molecule has 0 radical (unpaired) electrons. The van der Waals surface area contributed by atoms with Crippen LogP contribution < -0.4 is 27.2 Å². The molecule has 0 spiro atoms. The van der Waals surface area contributed by atoms with Gasteiger partial charge >= 0.3 is 0 Å². The average Bonchev–Trinajstić information content (AvgIpc) is 2.88. The van der Waals surface area contributed by atoms with Gasteiger partial charge in [0.1, 0.15) is 5.84 Å². The van der Waals surface area contributed by atoms with Gasteiger partial charge in [0.25, 0.3) is 0 Å². The van der Waals surface area contributed by atoms with E-state index in [-0.39, 0.29) is 42.1 Å². The van der Waals surface area contributed by atoms with Gasteiger partial charge in [-0.15, -0.1) is 0 Å². The standard InChI is InChI=1S/C18H29N5O4S.C8H10N2/c19-8-4-14-6-10-23(11-7-14)18(25)13-21-28(26,27)16-3-1-2-15(12-16)22-17(24)5-9-20;1-6-3-2-4-7(5-6)8(9)10/h1-3,12,14,21H,4-11,13,19-20H2,(H,22,24);2-5H,1H3,(H3,9,10). The number of hydrogen-bond donors (Lipinski definition) is 6. The van der Waals surface area contributed by atoms with E-state index in [9.17, 15) is 18.0 Å². The first-order chi connectivity index (χ1) is 18.1. The predicted molar refractivity (Wildman–Crippen MR) is 149 cm³/mol. The van der Waals surface area contributed by atoms with Crippen LogP contribution in [0.25, 0.3) is 0 Å². The molecule has 11 nitrogen and oxygen atoms in total. The summed E-state index contributed by atoms with van der Waals surface area (Å²) in [5.41, 5.74) is 18.4. The normalized spacial score (nSPS) is 13.8. The van der Waals surface area contributed by atoms with E-state index in [0.717, 1.165) is 30.4 Å². The number of likely N-dealkylation sites (tertiary alicyclic amines) is 1. The fraction of sp³-hybridized carbons (Fsp3) is 0.423. The van der Waals surface area contributed by atoms with Crippen molar-refractivity contribution in [2.45, 2.75) is 37.5 Å². The molecule has 0 aliphatic carbocycles. The number of piperidine rings is 1. The van der Waals surface area contributed by atoms with Crippen molar-refractivity contribution >= 4 is 33.4 Å². The average molecular weight is 546 g/mol. The van der Waals surface area contributed by atoms with Crippen molar-refractivity contribution < 1.29 is 18.0 Å². The van der Waals surface area contributed by atoms with Crippen LogP contribution in [0.3, 0.4) is 0 Å². The van der Waals surface area contributed by atoms with Crippen LogP contribution >= 0.6 is 0 Å². The van der Waals surface area contributed by atoms with Crippen LogP contribution in [0.2, 0.25) is 0 Å². The highest BCUT2D eigenvalue weighted by atomic mass is 32.2. The highest BCUT2D eigenvalue weighted by Crippen LogP contribution is 2.20. The third-order valence-corrected chi connectivity index (χ3v) is 7.48. The van der Waals surface area contributed by atoms with Crippen LogP contribution in [-0.2, 0) is 19.6 Å². The molecule has 0 unspecified atom stereocenters. The minimum Gasteiger partial charge on any atom is -0.384 e. The number of amidine groups is 1. The Balaban J connectivity index is 0.000000423. The van der Waals surface area contributed by atoms with E-state index in [1.807, 2.05) is 31.2 Å². The van der Waals surface area contributed by atoms with Crippen molar-refractivity contribution in [2.75, 3.05) is 38.0 Å². The minimum absolute atomic E-state index is 0.0208. The minimum atomic E-state index is -3.87. The molecule has 3 rings (SSSR count). The van der Waals surface area contributed by atoms with E-state index in [1.165, 1.54) is 18.2 Å². The van der Waals surface area contributed by atoms with Crippen molar-refractivity contribution in [1.29, 1.82) is 5.41 Å². The fourth-order valence-corrected chi connectivity index (χ4v) is 4.99. The van der Waals surface area contributed by atoms with Crippen molar-refractivity contribution in [2.24, 2.45) is 23.1 Å². The lowest BCUT2D eigenvalue weighted by atomic mass is 9.93. The number of nitrogens with zero attached hydrogens (tertiary/aromatic N) is 1. The first-order valence-electron chi connectivity index (χ1n) is 12.5. The number of sulfonamides is 1. The summed E-state index contributed by atoms with van der Waals surface area (Å²) in [6.07, 6.45) is 2.87. The molecule has 0 aromatic heterocycles. The SMILES string of the molecule is Cc1cccc(C(=N)N)c1.NCCC(=O)Nc1cccc(S(=O)(=O)NCC(=O)N2CCC(CCN)CC2)c1. The molecule has 0 saturated carbocycles. The molecular weight excluding hydrogens is 506 g/mol. The Labute approximate surface area is 224 Å². The second-order valence-corrected chi connectivity index (χ2v) is 10.9. The summed E-state index contributed by atoms with van der Waals surface area (Å²) in [7, 11) is -3.87. The first kappa shape index (κ1) is 30.9. The molecule has 38 heavy (non-hydrogen) atoms. The lowest BCUT2D eigenvalue weighted by Gasteiger charge is -2.32. The number of carbonyl (C=O) groups excluding carboxylic acids is 2. The van der Waals surface area contributed by atoms with Crippen molar-refractivity contribution in [1.82, 2.24) is 9.62 Å². The molecule has 1 fully saturated rings. The summed E-state index contributed by atoms with van der Waals surface area (Å²) in [5, 5.41) is 9.70. The van der Waals surface area contributed by atoms with Gasteiger partial charge in [-0.25, -0.2) is 13.1 Å². The zero-order valence-corrected chi connectivity index (χ0v) is 22.6. The fourth-order valence-electron chi connectivity index (χ4n) is 3.97. The zero-order valence-electron chi connectivity index (χ0n) is 21.8. The molecule has 2 amide bonds. The van der Waals surface area contributed by atoms with Crippen molar-refractivity contribution in [3.05, 3.63) is 59.7 Å². The molecule has 208 valence electrons. The van der Waals surface area contributed by atoms with E-state index in [0.29, 0.717) is 31.2 Å². The topological polar surface area (TPSA) is 197 Å². The molecule has 0 bridgehead atoms. The summed E-state index contributed by atoms with van der Waals surface area (Å²) in [4.78, 5) is 25.6. The summed E-state index contributed by atoms with van der Waals surface area (Å²) in [6.45, 7) is 3.77. The molecule has 1 aliphatic heterocycles. The van der Waals surface area contributed by atoms with Crippen LogP contribution in [0.1, 0.15) is 36.8 Å². The van der Waals surface area contributed by atoms with E-state index < -0.39 is 10.0 Å². The quantitative estimate of drug-likeness (QED) is 0.190. The van der Waals surface area contributed by atoms with Crippen molar-refractivity contribution in [3.63, 3.8) is 0 Å². The van der Waals surface area contributed by atoms with Gasteiger partial charge in [-0.1, -0.05) is 29.8 Å². The smallest absolute Gasteiger partial charge is 0.241 e. The van der Waals surface area contributed by atoms with E-state index in [1.54, 1.807) is 11.0 Å². The summed E-state index contributed by atoms with van der Waals surface area (Å²) in [5.74, 6) is 0.118. The van der Waals surface area contributed by atoms with Crippen LogP contribution in [0.15, 0.2) is 53.4 Å². The third kappa shape index (κ3) is 10.2. The van der Waals surface area contributed by atoms with Crippen LogP contribution in [0.4, 0.5) is 5.69 Å². The summed E-state index contributed by atoms with van der Waals surface area (Å²) >= 11 is 0. The van der Waals surface area contributed by atoms with Gasteiger partial charge in [-0.05, 0) is 62.9 Å². The van der Waals surface area contributed by atoms with Gasteiger partial charge in [-0.3, -0.25) is 15.0 Å². The van der Waals surface area contributed by atoms with Crippen LogP contribution in [0, 0.1) is 18.3 Å². The summed E-state index contributed by atoms with van der Waals surface area (Å²) in [6, 6.07) is 13.5. The maximum absolute atomic E-state index is 12.5. The Morgan fingerprint density at radius 1 is 1.05 bits per heavy atom. The second kappa shape index (κ2) is 15.2. The van der Waals surface area contributed by atoms with E-state index in [4.69, 9.17) is 22.6 Å². The number of nitrogens with two attached hydrogens (primary N) is 3. The Morgan fingerprint density at radius 3 is 2.32 bits per heavy atom. The van der Waals surface area contributed by atoms with Crippen LogP contribution in [-0.4, -0.2) is 63.7 Å². The lowest BCUT2D eigenvalue weighted by Crippen LogP contribution is -2.44. The molecule has 2 aromatic carbocycles. The zero-order chi connectivity index (χ0) is 28.1. The molecule has 2 aromatic rings. The van der Waals surface area contributed by atoms with Gasteiger partial charge in [0.2, 0.25) is 21.8 Å².